The summed E-state index contributed by atoms with van der Waals surface area (Å²) in [5.74, 6) is 1.28. The van der Waals surface area contributed by atoms with Crippen LogP contribution in [0.4, 0.5) is 0 Å². The van der Waals surface area contributed by atoms with Crippen molar-refractivity contribution in [2.45, 2.75) is 12.1 Å². The molecule has 0 atom stereocenters. The molecule has 1 aromatic heterocycles. The Morgan fingerprint density at radius 3 is 2.44 bits per heavy atom. The van der Waals surface area contributed by atoms with Crippen LogP contribution >= 0.6 is 23.4 Å². The summed E-state index contributed by atoms with van der Waals surface area (Å²) in [4.78, 5) is 12.5. The van der Waals surface area contributed by atoms with Gasteiger partial charge in [0, 0.05) is 21.8 Å². The molecule has 0 saturated heterocycles. The van der Waals surface area contributed by atoms with Crippen LogP contribution in [-0.2, 0) is 4.79 Å². The highest BCUT2D eigenvalue weighted by molar-refractivity contribution is 7.99. The minimum atomic E-state index is -0.262. The number of methoxy groups -OCH3 is 1. The molecule has 34 heavy (non-hydrogen) atoms. The van der Waals surface area contributed by atoms with Crippen LogP contribution < -0.4 is 10.2 Å². The fourth-order valence-corrected chi connectivity index (χ4v) is 4.24. The first-order chi connectivity index (χ1) is 16.6. The minimum absolute atomic E-state index is 0.113. The highest BCUT2D eigenvalue weighted by Gasteiger charge is 2.17. The van der Waals surface area contributed by atoms with Crippen LogP contribution in [0.15, 0.2) is 89.1 Å². The lowest BCUT2D eigenvalue weighted by Gasteiger charge is -2.11. The van der Waals surface area contributed by atoms with Crippen LogP contribution in [-0.4, -0.2) is 39.2 Å². The van der Waals surface area contributed by atoms with Crippen molar-refractivity contribution in [3.8, 4) is 22.8 Å². The number of hydrogen-bond donors (Lipinski definition) is 1. The summed E-state index contributed by atoms with van der Waals surface area (Å²) < 4.78 is 7.20. The number of hydrogen-bond acceptors (Lipinski definition) is 6. The molecule has 3 aromatic carbocycles. The molecular weight excluding hydrogens is 470 g/mol. The molecule has 0 unspecified atom stereocenters. The second kappa shape index (κ2) is 11.0. The third-order valence-corrected chi connectivity index (χ3v) is 6.20. The van der Waals surface area contributed by atoms with E-state index in [1.807, 2.05) is 77.4 Å². The number of benzene rings is 3. The lowest BCUT2D eigenvalue weighted by molar-refractivity contribution is -0.118. The van der Waals surface area contributed by atoms with E-state index in [-0.39, 0.29) is 11.7 Å². The molecule has 9 heteroatoms. The Kier molecular flexibility index (Phi) is 7.61. The molecule has 0 fully saturated rings. The number of rotatable bonds is 8. The van der Waals surface area contributed by atoms with Crippen LogP contribution in [0.25, 0.3) is 17.1 Å². The molecule has 0 bridgehead atoms. The normalized spacial score (nSPS) is 11.3. The number of nitrogens with one attached hydrogen (secondary N) is 1. The van der Waals surface area contributed by atoms with Gasteiger partial charge in [0.15, 0.2) is 11.0 Å². The standard InChI is InChI=1S/C25H22ClN5O2S/c1-17(21-10-6-7-11-22(21)26)27-28-23(32)16-34-25-30-29-24(18-8-4-3-5-9-18)31(25)19-12-14-20(33-2)15-13-19/h3-15H,16H2,1-2H3,(H,28,32)/b27-17+. The van der Waals surface area contributed by atoms with Gasteiger partial charge in [0.2, 0.25) is 0 Å². The molecule has 0 radical (unpaired) electrons. The number of ether oxygens (including phenoxy) is 1. The van der Waals surface area contributed by atoms with E-state index < -0.39 is 0 Å². The van der Waals surface area contributed by atoms with E-state index in [9.17, 15) is 4.79 Å². The first kappa shape index (κ1) is 23.5. The van der Waals surface area contributed by atoms with E-state index in [0.29, 0.717) is 21.7 Å². The van der Waals surface area contributed by atoms with E-state index in [1.54, 1.807) is 20.1 Å². The number of carbonyl (C=O) groups is 1. The Morgan fingerprint density at radius 1 is 1.03 bits per heavy atom. The lowest BCUT2D eigenvalue weighted by Crippen LogP contribution is -2.21. The molecule has 0 aliphatic heterocycles. The number of carbonyl (C=O) groups excluding carboxylic acids is 1. The molecular formula is C25H22ClN5O2S. The molecule has 0 spiro atoms. The fourth-order valence-electron chi connectivity index (χ4n) is 3.23. The van der Waals surface area contributed by atoms with Gasteiger partial charge in [0.25, 0.3) is 5.91 Å². The zero-order valence-electron chi connectivity index (χ0n) is 18.6. The predicted octanol–water partition coefficient (Wildman–Crippen LogP) is 5.23. The van der Waals surface area contributed by atoms with Gasteiger partial charge in [-0.3, -0.25) is 9.36 Å². The van der Waals surface area contributed by atoms with Gasteiger partial charge < -0.3 is 4.74 Å². The van der Waals surface area contributed by atoms with Gasteiger partial charge in [-0.05, 0) is 37.3 Å². The van der Waals surface area contributed by atoms with Crippen molar-refractivity contribution in [3.63, 3.8) is 0 Å². The van der Waals surface area contributed by atoms with Crippen molar-refractivity contribution in [2.75, 3.05) is 12.9 Å². The highest BCUT2D eigenvalue weighted by Crippen LogP contribution is 2.28. The Balaban J connectivity index is 1.53. The molecule has 0 aliphatic rings. The maximum absolute atomic E-state index is 12.5. The topological polar surface area (TPSA) is 81.4 Å². The summed E-state index contributed by atoms with van der Waals surface area (Å²) in [7, 11) is 1.62. The number of amides is 1. The van der Waals surface area contributed by atoms with Crippen molar-refractivity contribution in [3.05, 3.63) is 89.4 Å². The molecule has 7 nitrogen and oxygen atoms in total. The van der Waals surface area contributed by atoms with E-state index >= 15 is 0 Å². The Hall–Kier alpha value is -3.62. The zero-order valence-corrected chi connectivity index (χ0v) is 20.2. The fraction of sp³-hybridized carbons (Fsp3) is 0.120. The van der Waals surface area contributed by atoms with Gasteiger partial charge in [0.1, 0.15) is 5.75 Å². The molecule has 0 aliphatic carbocycles. The third kappa shape index (κ3) is 5.47. The van der Waals surface area contributed by atoms with Crippen molar-refractivity contribution in [1.29, 1.82) is 0 Å². The Labute approximate surface area is 206 Å². The quantitative estimate of drug-likeness (QED) is 0.207. The number of hydrazone groups is 1. The van der Waals surface area contributed by atoms with E-state index in [2.05, 4.69) is 20.7 Å². The van der Waals surface area contributed by atoms with Crippen LogP contribution in [0.3, 0.4) is 0 Å². The summed E-state index contributed by atoms with van der Waals surface area (Å²) in [6, 6.07) is 24.7. The van der Waals surface area contributed by atoms with Crippen molar-refractivity contribution < 1.29 is 9.53 Å². The second-order valence-electron chi connectivity index (χ2n) is 7.21. The minimum Gasteiger partial charge on any atom is -0.497 e. The Morgan fingerprint density at radius 2 is 1.74 bits per heavy atom. The van der Waals surface area contributed by atoms with Crippen LogP contribution in [0.5, 0.6) is 5.75 Å². The number of thioether (sulfide) groups is 1. The summed E-state index contributed by atoms with van der Waals surface area (Å²) in [5, 5.41) is 14.1. The summed E-state index contributed by atoms with van der Waals surface area (Å²) in [6.07, 6.45) is 0. The maximum atomic E-state index is 12.5. The summed E-state index contributed by atoms with van der Waals surface area (Å²) >= 11 is 7.48. The molecule has 1 heterocycles. The predicted molar refractivity (Wildman–Crippen MR) is 136 cm³/mol. The van der Waals surface area contributed by atoms with Crippen LogP contribution in [0.2, 0.25) is 5.02 Å². The van der Waals surface area contributed by atoms with Gasteiger partial charge in [-0.1, -0.05) is 71.9 Å². The monoisotopic (exact) mass is 491 g/mol. The van der Waals surface area contributed by atoms with E-state index in [0.717, 1.165) is 22.6 Å². The van der Waals surface area contributed by atoms with Crippen molar-refractivity contribution >= 4 is 35.0 Å². The Bertz CT molecular complexity index is 1310. The molecule has 1 amide bonds. The van der Waals surface area contributed by atoms with Gasteiger partial charge in [-0.2, -0.15) is 5.10 Å². The lowest BCUT2D eigenvalue weighted by atomic mass is 10.1. The molecule has 4 aromatic rings. The molecule has 0 saturated carbocycles. The first-order valence-corrected chi connectivity index (χ1v) is 11.8. The summed E-state index contributed by atoms with van der Waals surface area (Å²) in [5.41, 5.74) is 5.76. The van der Waals surface area contributed by atoms with Gasteiger partial charge in [-0.15, -0.1) is 10.2 Å². The number of nitrogens with zero attached hydrogens (tertiary/aromatic N) is 4. The summed E-state index contributed by atoms with van der Waals surface area (Å²) in [6.45, 7) is 1.79. The highest BCUT2D eigenvalue weighted by atomic mass is 35.5. The average molecular weight is 492 g/mol. The van der Waals surface area contributed by atoms with Gasteiger partial charge in [0.05, 0.1) is 18.6 Å². The van der Waals surface area contributed by atoms with Crippen LogP contribution in [0, 0.1) is 0 Å². The molecule has 1 N–H and O–H groups in total. The molecule has 4 rings (SSSR count). The van der Waals surface area contributed by atoms with Crippen LogP contribution in [0.1, 0.15) is 12.5 Å². The van der Waals surface area contributed by atoms with E-state index in [1.165, 1.54) is 11.8 Å². The van der Waals surface area contributed by atoms with Crippen molar-refractivity contribution in [1.82, 2.24) is 20.2 Å². The molecule has 172 valence electrons. The average Bonchev–Trinajstić information content (AvgIpc) is 3.31. The smallest absolute Gasteiger partial charge is 0.250 e. The SMILES string of the molecule is COc1ccc(-n2c(SCC(=O)N/N=C(\C)c3ccccc3Cl)nnc2-c2ccccc2)cc1. The van der Waals surface area contributed by atoms with Crippen molar-refractivity contribution in [2.24, 2.45) is 5.10 Å². The van der Waals surface area contributed by atoms with E-state index in [4.69, 9.17) is 16.3 Å². The van der Waals surface area contributed by atoms with Gasteiger partial charge >= 0.3 is 0 Å². The largest absolute Gasteiger partial charge is 0.497 e. The van der Waals surface area contributed by atoms with Gasteiger partial charge in [-0.25, -0.2) is 5.43 Å². The second-order valence-corrected chi connectivity index (χ2v) is 8.56. The zero-order chi connectivity index (χ0) is 23.9. The number of aromatic nitrogens is 3. The third-order valence-electron chi connectivity index (χ3n) is 4.94. The number of halogens is 1. The first-order valence-electron chi connectivity index (χ1n) is 10.4. The maximum Gasteiger partial charge on any atom is 0.250 e.